The maximum absolute atomic E-state index is 11.9. The van der Waals surface area contributed by atoms with Crippen LogP contribution in [0, 0.1) is 0 Å². The van der Waals surface area contributed by atoms with Gasteiger partial charge in [0.2, 0.25) is 0 Å². The number of hydrogen-bond acceptors (Lipinski definition) is 7. The van der Waals surface area contributed by atoms with Gasteiger partial charge in [-0.1, -0.05) is 0 Å². The van der Waals surface area contributed by atoms with Crippen LogP contribution in [0.15, 0.2) is 18.2 Å². The Bertz CT molecular complexity index is 524. The Hall–Kier alpha value is -2.44. The summed E-state index contributed by atoms with van der Waals surface area (Å²) < 4.78 is 20.4. The minimum absolute atomic E-state index is 0.0174. The van der Waals surface area contributed by atoms with Gasteiger partial charge in [0.15, 0.2) is 0 Å². The monoisotopic (exact) mass is 339 g/mol. The standard InChI is InChI=1S/C17H25NO6/c1-5-23-16(19)7-8-18(12-17(20)24-6-2)13-9-14(21-3)11-15(10-13)22-4/h9-11H,5-8,12H2,1-4H3. The van der Waals surface area contributed by atoms with Gasteiger partial charge in [0.25, 0.3) is 0 Å². The highest BCUT2D eigenvalue weighted by molar-refractivity contribution is 5.77. The van der Waals surface area contributed by atoms with Gasteiger partial charge in [-0.2, -0.15) is 0 Å². The van der Waals surface area contributed by atoms with Crippen LogP contribution in [0.4, 0.5) is 5.69 Å². The van der Waals surface area contributed by atoms with Gasteiger partial charge in [-0.05, 0) is 13.8 Å². The molecule has 0 fully saturated rings. The first-order valence-electron chi connectivity index (χ1n) is 7.83. The second-order valence-electron chi connectivity index (χ2n) is 4.85. The van der Waals surface area contributed by atoms with Crippen LogP contribution < -0.4 is 14.4 Å². The number of rotatable bonds is 10. The van der Waals surface area contributed by atoms with Gasteiger partial charge in [0.1, 0.15) is 18.0 Å². The van der Waals surface area contributed by atoms with Gasteiger partial charge in [-0.25, -0.2) is 0 Å². The van der Waals surface area contributed by atoms with Crippen LogP contribution in [0.1, 0.15) is 20.3 Å². The van der Waals surface area contributed by atoms with Crippen LogP contribution in [0.3, 0.4) is 0 Å². The van der Waals surface area contributed by atoms with Crippen molar-refractivity contribution in [3.8, 4) is 11.5 Å². The molecule has 0 saturated heterocycles. The minimum atomic E-state index is -0.372. The Kier molecular flexibility index (Phi) is 8.46. The average molecular weight is 339 g/mol. The van der Waals surface area contributed by atoms with Gasteiger partial charge in [0, 0.05) is 30.4 Å². The van der Waals surface area contributed by atoms with Crippen molar-refractivity contribution in [1.29, 1.82) is 0 Å². The topological polar surface area (TPSA) is 74.3 Å². The highest BCUT2D eigenvalue weighted by Crippen LogP contribution is 2.28. The second-order valence-corrected chi connectivity index (χ2v) is 4.85. The Morgan fingerprint density at radius 3 is 1.96 bits per heavy atom. The van der Waals surface area contributed by atoms with Gasteiger partial charge in [-0.15, -0.1) is 0 Å². The zero-order chi connectivity index (χ0) is 17.9. The largest absolute Gasteiger partial charge is 0.497 e. The van der Waals surface area contributed by atoms with Crippen molar-refractivity contribution in [3.63, 3.8) is 0 Å². The van der Waals surface area contributed by atoms with E-state index in [1.165, 1.54) is 0 Å². The molecule has 134 valence electrons. The molecule has 0 saturated carbocycles. The summed E-state index contributed by atoms with van der Waals surface area (Å²) in [5, 5.41) is 0. The van der Waals surface area contributed by atoms with Crippen molar-refractivity contribution in [2.24, 2.45) is 0 Å². The van der Waals surface area contributed by atoms with Crippen molar-refractivity contribution in [2.75, 3.05) is 45.4 Å². The van der Waals surface area contributed by atoms with Crippen LogP contribution in [0.5, 0.6) is 11.5 Å². The van der Waals surface area contributed by atoms with E-state index in [9.17, 15) is 9.59 Å². The third-order valence-electron chi connectivity index (χ3n) is 3.22. The van der Waals surface area contributed by atoms with E-state index in [4.69, 9.17) is 18.9 Å². The molecule has 0 heterocycles. The normalized spacial score (nSPS) is 10.0. The van der Waals surface area contributed by atoms with Crippen LogP contribution >= 0.6 is 0 Å². The van der Waals surface area contributed by atoms with Gasteiger partial charge < -0.3 is 23.8 Å². The number of carbonyl (C=O) groups is 2. The summed E-state index contributed by atoms with van der Waals surface area (Å²) in [6, 6.07) is 5.27. The summed E-state index contributed by atoms with van der Waals surface area (Å²) in [5.41, 5.74) is 0.698. The summed E-state index contributed by atoms with van der Waals surface area (Å²) in [5.74, 6) is 0.494. The maximum atomic E-state index is 11.9. The lowest BCUT2D eigenvalue weighted by Gasteiger charge is -2.24. The molecule has 0 spiro atoms. The first-order chi connectivity index (χ1) is 11.5. The SMILES string of the molecule is CCOC(=O)CCN(CC(=O)OCC)c1cc(OC)cc(OC)c1. The van der Waals surface area contributed by atoms with E-state index in [-0.39, 0.29) is 24.9 Å². The smallest absolute Gasteiger partial charge is 0.325 e. The molecule has 0 amide bonds. The number of carbonyl (C=O) groups excluding carboxylic acids is 2. The van der Waals surface area contributed by atoms with Crippen molar-refractivity contribution in [3.05, 3.63) is 18.2 Å². The molecule has 0 bridgehead atoms. The van der Waals surface area contributed by atoms with Gasteiger partial charge in [-0.3, -0.25) is 9.59 Å². The highest BCUT2D eigenvalue weighted by Gasteiger charge is 2.16. The fraction of sp³-hybridized carbons (Fsp3) is 0.529. The molecule has 0 radical (unpaired) electrons. The lowest BCUT2D eigenvalue weighted by molar-refractivity contribution is -0.144. The first kappa shape index (κ1) is 19.6. The molecule has 1 aromatic rings. The molecule has 0 atom stereocenters. The predicted molar refractivity (Wildman–Crippen MR) is 89.6 cm³/mol. The Labute approximate surface area is 142 Å². The van der Waals surface area contributed by atoms with E-state index in [1.54, 1.807) is 51.2 Å². The molecule has 0 aliphatic heterocycles. The number of ether oxygens (including phenoxy) is 4. The lowest BCUT2D eigenvalue weighted by Crippen LogP contribution is -2.33. The van der Waals surface area contributed by atoms with Crippen LogP contribution in [0.2, 0.25) is 0 Å². The molecule has 0 N–H and O–H groups in total. The van der Waals surface area contributed by atoms with E-state index >= 15 is 0 Å². The molecule has 0 aliphatic rings. The van der Waals surface area contributed by atoms with Crippen molar-refractivity contribution in [2.45, 2.75) is 20.3 Å². The molecule has 0 aromatic heterocycles. The quantitative estimate of drug-likeness (QED) is 0.604. The third kappa shape index (κ3) is 6.36. The first-order valence-corrected chi connectivity index (χ1v) is 7.83. The van der Waals surface area contributed by atoms with Gasteiger partial charge in [0.05, 0.1) is 33.9 Å². The molecular weight excluding hydrogens is 314 g/mol. The number of esters is 2. The fourth-order valence-corrected chi connectivity index (χ4v) is 2.10. The zero-order valence-electron chi connectivity index (χ0n) is 14.7. The summed E-state index contributed by atoms with van der Waals surface area (Å²) in [6.07, 6.45) is 0.159. The summed E-state index contributed by atoms with van der Waals surface area (Å²) in [4.78, 5) is 25.2. The molecular formula is C17H25NO6. The highest BCUT2D eigenvalue weighted by atomic mass is 16.5. The summed E-state index contributed by atoms with van der Waals surface area (Å²) in [6.45, 7) is 4.45. The van der Waals surface area contributed by atoms with Crippen LogP contribution in [0.25, 0.3) is 0 Å². The molecule has 24 heavy (non-hydrogen) atoms. The third-order valence-corrected chi connectivity index (χ3v) is 3.22. The average Bonchev–Trinajstić information content (AvgIpc) is 2.58. The van der Waals surface area contributed by atoms with Gasteiger partial charge >= 0.3 is 11.9 Å². The zero-order valence-corrected chi connectivity index (χ0v) is 14.7. The van der Waals surface area contributed by atoms with Crippen LogP contribution in [-0.4, -0.2) is 52.5 Å². The number of nitrogens with zero attached hydrogens (tertiary/aromatic N) is 1. The predicted octanol–water partition coefficient (Wildman–Crippen LogP) is 2.03. The molecule has 1 rings (SSSR count). The van der Waals surface area contributed by atoms with E-state index in [1.807, 2.05) is 0 Å². The molecule has 7 nitrogen and oxygen atoms in total. The van der Waals surface area contributed by atoms with E-state index in [0.29, 0.717) is 36.9 Å². The Morgan fingerprint density at radius 1 is 0.917 bits per heavy atom. The summed E-state index contributed by atoms with van der Waals surface area (Å²) in [7, 11) is 3.10. The van der Waals surface area contributed by atoms with Crippen molar-refractivity contribution in [1.82, 2.24) is 0 Å². The van der Waals surface area contributed by atoms with Crippen molar-refractivity contribution < 1.29 is 28.5 Å². The van der Waals surface area contributed by atoms with E-state index in [0.717, 1.165) is 0 Å². The Morgan fingerprint density at radius 2 is 1.46 bits per heavy atom. The summed E-state index contributed by atoms with van der Waals surface area (Å²) >= 11 is 0. The molecule has 0 aliphatic carbocycles. The maximum Gasteiger partial charge on any atom is 0.325 e. The molecule has 0 unspecified atom stereocenters. The lowest BCUT2D eigenvalue weighted by atomic mass is 10.2. The molecule has 1 aromatic carbocycles. The second kappa shape index (κ2) is 10.4. The number of benzene rings is 1. The number of hydrogen-bond donors (Lipinski definition) is 0. The minimum Gasteiger partial charge on any atom is -0.497 e. The van der Waals surface area contributed by atoms with Crippen molar-refractivity contribution >= 4 is 17.6 Å². The number of methoxy groups -OCH3 is 2. The van der Waals surface area contributed by atoms with E-state index < -0.39 is 0 Å². The molecule has 7 heteroatoms. The fourth-order valence-electron chi connectivity index (χ4n) is 2.10. The van der Waals surface area contributed by atoms with E-state index in [2.05, 4.69) is 0 Å². The van der Waals surface area contributed by atoms with Crippen LogP contribution in [-0.2, 0) is 19.1 Å². The Balaban J connectivity index is 2.97. The number of anilines is 1.